The van der Waals surface area contributed by atoms with E-state index in [0.717, 1.165) is 16.8 Å². The number of alkyl halides is 2. The average molecular weight is 369 g/mol. The van der Waals surface area contributed by atoms with Crippen LogP contribution < -0.4 is 21.3 Å². The van der Waals surface area contributed by atoms with Crippen molar-refractivity contribution in [1.82, 2.24) is 9.55 Å². The quantitative estimate of drug-likeness (QED) is 0.679. The molecule has 0 bridgehead atoms. The molecule has 0 saturated carbocycles. The molecule has 0 unspecified atom stereocenters. The predicted molar refractivity (Wildman–Crippen MR) is 84.0 cm³/mol. The van der Waals surface area contributed by atoms with Gasteiger partial charge in [-0.2, -0.15) is 8.78 Å². The van der Waals surface area contributed by atoms with Gasteiger partial charge in [0.15, 0.2) is 6.61 Å². The van der Waals surface area contributed by atoms with Gasteiger partial charge in [0.1, 0.15) is 12.3 Å². The zero-order chi connectivity index (χ0) is 19.1. The van der Waals surface area contributed by atoms with Gasteiger partial charge in [-0.3, -0.25) is 23.9 Å². The van der Waals surface area contributed by atoms with Crippen LogP contribution in [-0.2, 0) is 20.9 Å². The van der Waals surface area contributed by atoms with Crippen molar-refractivity contribution in [3.63, 3.8) is 0 Å². The third-order valence-corrected chi connectivity index (χ3v) is 2.92. The Morgan fingerprint density at radius 3 is 2.46 bits per heavy atom. The number of carbonyl (C=O) groups is 2. The number of esters is 1. The third kappa shape index (κ3) is 5.85. The molecule has 1 aromatic carbocycles. The summed E-state index contributed by atoms with van der Waals surface area (Å²) in [6.45, 7) is -4.06. The molecule has 1 heterocycles. The number of hydrogen-bond acceptors (Lipinski definition) is 6. The summed E-state index contributed by atoms with van der Waals surface area (Å²) < 4.78 is 33.8. The summed E-state index contributed by atoms with van der Waals surface area (Å²) in [6.07, 6.45) is 1.12. The van der Waals surface area contributed by atoms with Crippen molar-refractivity contribution in [3.05, 3.63) is 57.4 Å². The normalized spacial score (nSPS) is 10.4. The first-order chi connectivity index (χ1) is 12.3. The molecule has 26 heavy (non-hydrogen) atoms. The highest BCUT2D eigenvalue weighted by molar-refractivity contribution is 5.92. The lowest BCUT2D eigenvalue weighted by atomic mass is 10.3. The van der Waals surface area contributed by atoms with Crippen LogP contribution in [0, 0.1) is 0 Å². The lowest BCUT2D eigenvalue weighted by molar-refractivity contribution is -0.148. The van der Waals surface area contributed by atoms with E-state index in [1.807, 2.05) is 4.98 Å². The Morgan fingerprint density at radius 2 is 1.85 bits per heavy atom. The van der Waals surface area contributed by atoms with Crippen molar-refractivity contribution < 1.29 is 27.8 Å². The summed E-state index contributed by atoms with van der Waals surface area (Å²) >= 11 is 0. The number of hydrogen-bond donors (Lipinski definition) is 2. The number of rotatable bonds is 7. The number of nitrogens with zero attached hydrogens (tertiary/aromatic N) is 1. The smallest absolute Gasteiger partial charge is 0.387 e. The minimum Gasteiger partial charge on any atom is -0.454 e. The van der Waals surface area contributed by atoms with Crippen LogP contribution in [-0.4, -0.2) is 34.6 Å². The first-order valence-electron chi connectivity index (χ1n) is 7.13. The Kier molecular flexibility index (Phi) is 6.20. The number of amides is 1. The summed E-state index contributed by atoms with van der Waals surface area (Å²) in [5.74, 6) is -1.61. The molecule has 0 spiro atoms. The van der Waals surface area contributed by atoms with E-state index in [-0.39, 0.29) is 11.4 Å². The molecule has 0 radical (unpaired) electrons. The summed E-state index contributed by atoms with van der Waals surface area (Å²) in [4.78, 5) is 47.6. The second kappa shape index (κ2) is 8.55. The van der Waals surface area contributed by atoms with E-state index >= 15 is 0 Å². The molecule has 9 nitrogen and oxygen atoms in total. The first-order valence-corrected chi connectivity index (χ1v) is 7.13. The lowest BCUT2D eigenvalue weighted by Gasteiger charge is -2.08. The van der Waals surface area contributed by atoms with Crippen molar-refractivity contribution in [2.24, 2.45) is 0 Å². The van der Waals surface area contributed by atoms with Gasteiger partial charge in [0.25, 0.3) is 11.5 Å². The van der Waals surface area contributed by atoms with Crippen molar-refractivity contribution in [2.75, 3.05) is 11.9 Å². The standard InChI is InChI=1S/C15H13F2N3O6/c16-14(17)26-10-3-1-9(2-4-10)18-12(22)8-25-13(23)7-20-6-5-11(21)19-15(20)24/h1-6,14H,7-8H2,(H,18,22)(H,19,21,24). The van der Waals surface area contributed by atoms with Crippen LogP contribution in [0.4, 0.5) is 14.5 Å². The fraction of sp³-hybridized carbons (Fsp3) is 0.200. The zero-order valence-corrected chi connectivity index (χ0v) is 13.1. The highest BCUT2D eigenvalue weighted by atomic mass is 19.3. The molecule has 11 heteroatoms. The molecular weight excluding hydrogens is 356 g/mol. The minimum atomic E-state index is -2.95. The largest absolute Gasteiger partial charge is 0.454 e. The van der Waals surface area contributed by atoms with Gasteiger partial charge >= 0.3 is 18.3 Å². The second-order valence-electron chi connectivity index (χ2n) is 4.85. The molecule has 0 aliphatic rings. The summed E-state index contributed by atoms with van der Waals surface area (Å²) in [6, 6.07) is 6.18. The SMILES string of the molecule is O=C(COC(=O)Cn1ccc(=O)[nH]c1=O)Nc1ccc(OC(F)F)cc1. The van der Waals surface area contributed by atoms with E-state index in [2.05, 4.69) is 10.1 Å². The van der Waals surface area contributed by atoms with Gasteiger partial charge in [0.2, 0.25) is 0 Å². The fourth-order valence-corrected chi connectivity index (χ4v) is 1.82. The number of halogens is 2. The topological polar surface area (TPSA) is 119 Å². The van der Waals surface area contributed by atoms with Gasteiger partial charge in [-0.25, -0.2) is 4.79 Å². The molecule has 2 aromatic rings. The number of ether oxygens (including phenoxy) is 2. The maximum absolute atomic E-state index is 12.0. The Balaban J connectivity index is 1.81. The van der Waals surface area contributed by atoms with Crippen LogP contribution >= 0.6 is 0 Å². The van der Waals surface area contributed by atoms with Gasteiger partial charge in [0.05, 0.1) is 0 Å². The number of aromatic nitrogens is 2. The fourth-order valence-electron chi connectivity index (χ4n) is 1.82. The van der Waals surface area contributed by atoms with Crippen LogP contribution in [0.25, 0.3) is 0 Å². The highest BCUT2D eigenvalue weighted by Crippen LogP contribution is 2.17. The van der Waals surface area contributed by atoms with Gasteiger partial charge in [-0.1, -0.05) is 0 Å². The monoisotopic (exact) mass is 369 g/mol. The summed E-state index contributed by atoms with van der Waals surface area (Å²) in [5, 5.41) is 2.39. The van der Waals surface area contributed by atoms with Crippen molar-refractivity contribution >= 4 is 17.6 Å². The number of anilines is 1. The Hall–Kier alpha value is -3.50. The van der Waals surface area contributed by atoms with Crippen LogP contribution in [0.15, 0.2) is 46.1 Å². The number of benzene rings is 1. The first kappa shape index (κ1) is 18.8. The average Bonchev–Trinajstić information content (AvgIpc) is 2.57. The molecule has 0 atom stereocenters. The number of carbonyl (C=O) groups excluding carboxylic acids is 2. The van der Waals surface area contributed by atoms with Crippen LogP contribution in [0.3, 0.4) is 0 Å². The number of nitrogens with one attached hydrogen (secondary N) is 2. The minimum absolute atomic E-state index is 0.0734. The highest BCUT2D eigenvalue weighted by Gasteiger charge is 2.10. The molecule has 138 valence electrons. The number of aromatic amines is 1. The van der Waals surface area contributed by atoms with Crippen LogP contribution in [0.1, 0.15) is 0 Å². The van der Waals surface area contributed by atoms with E-state index in [1.54, 1.807) is 0 Å². The maximum Gasteiger partial charge on any atom is 0.387 e. The van der Waals surface area contributed by atoms with Gasteiger partial charge < -0.3 is 14.8 Å². The van der Waals surface area contributed by atoms with E-state index in [9.17, 15) is 28.0 Å². The Morgan fingerprint density at radius 1 is 1.15 bits per heavy atom. The third-order valence-electron chi connectivity index (χ3n) is 2.92. The van der Waals surface area contributed by atoms with E-state index in [1.165, 1.54) is 24.3 Å². The Labute approximate surface area is 144 Å². The maximum atomic E-state index is 12.0. The number of H-pyrrole nitrogens is 1. The lowest BCUT2D eigenvalue weighted by Crippen LogP contribution is -2.32. The van der Waals surface area contributed by atoms with Crippen LogP contribution in [0.2, 0.25) is 0 Å². The molecule has 0 fully saturated rings. The summed E-state index contributed by atoms with van der Waals surface area (Å²) in [7, 11) is 0. The van der Waals surface area contributed by atoms with Crippen LogP contribution in [0.5, 0.6) is 5.75 Å². The zero-order valence-electron chi connectivity index (χ0n) is 13.1. The molecule has 2 rings (SSSR count). The molecule has 0 aliphatic carbocycles. The van der Waals surface area contributed by atoms with E-state index in [4.69, 9.17) is 4.74 Å². The molecule has 0 aliphatic heterocycles. The van der Waals surface area contributed by atoms with Gasteiger partial charge in [-0.05, 0) is 24.3 Å². The van der Waals surface area contributed by atoms with Crippen molar-refractivity contribution in [2.45, 2.75) is 13.2 Å². The predicted octanol–water partition coefficient (Wildman–Crippen LogP) is 0.320. The van der Waals surface area contributed by atoms with Gasteiger partial charge in [-0.15, -0.1) is 0 Å². The van der Waals surface area contributed by atoms with Crippen molar-refractivity contribution in [3.8, 4) is 5.75 Å². The van der Waals surface area contributed by atoms with Crippen molar-refractivity contribution in [1.29, 1.82) is 0 Å². The van der Waals surface area contributed by atoms with E-state index < -0.39 is 42.9 Å². The molecule has 0 saturated heterocycles. The van der Waals surface area contributed by atoms with E-state index in [0.29, 0.717) is 0 Å². The Bertz CT molecular complexity index is 891. The molecule has 1 amide bonds. The van der Waals surface area contributed by atoms with Gasteiger partial charge in [0, 0.05) is 18.0 Å². The summed E-state index contributed by atoms with van der Waals surface area (Å²) in [5.41, 5.74) is -1.11. The second-order valence-corrected chi connectivity index (χ2v) is 4.85. The molecular formula is C15H13F2N3O6. The molecule has 2 N–H and O–H groups in total. The molecule has 1 aromatic heterocycles.